The summed E-state index contributed by atoms with van der Waals surface area (Å²) in [5.74, 6) is 0.167. The molecule has 0 saturated carbocycles. The van der Waals surface area contributed by atoms with Gasteiger partial charge in [-0.3, -0.25) is 5.41 Å². The molecule has 3 N–H and O–H groups in total. The molecule has 0 saturated heterocycles. The van der Waals surface area contributed by atoms with E-state index < -0.39 is 0 Å². The lowest BCUT2D eigenvalue weighted by molar-refractivity contribution is 0.772. The average molecular weight is 130 g/mol. The van der Waals surface area contributed by atoms with E-state index in [1.165, 1.54) is 26.2 Å². The van der Waals surface area contributed by atoms with Gasteiger partial charge in [0.2, 0.25) is 0 Å². The Morgan fingerprint density at radius 2 is 1.56 bits per heavy atom. The maximum Gasteiger partial charge on any atom is 0.0873 e. The Labute approximate surface area is 58.0 Å². The number of rotatable bonds is 2. The highest BCUT2D eigenvalue weighted by molar-refractivity contribution is 5.73. The summed E-state index contributed by atoms with van der Waals surface area (Å²) >= 11 is 0. The molecule has 0 aliphatic heterocycles. The first-order chi connectivity index (χ1) is 4.15. The molecule has 0 aliphatic rings. The number of hydrogen-bond donors (Lipinski definition) is 2. The van der Waals surface area contributed by atoms with Crippen LogP contribution in [0.3, 0.4) is 0 Å². The smallest absolute Gasteiger partial charge is 0.0873 e. The molecule has 0 radical (unpaired) electrons. The van der Waals surface area contributed by atoms with Crippen molar-refractivity contribution in [1.29, 1.82) is 5.41 Å². The SMILES string of the molecule is CC(=N)N.CCCCC. The van der Waals surface area contributed by atoms with Crippen molar-refractivity contribution in [2.24, 2.45) is 5.73 Å². The summed E-state index contributed by atoms with van der Waals surface area (Å²) in [6, 6.07) is 0. The van der Waals surface area contributed by atoms with Crippen molar-refractivity contribution >= 4 is 5.84 Å². The third-order valence-electron chi connectivity index (χ3n) is 0.707. The van der Waals surface area contributed by atoms with Gasteiger partial charge in [-0.2, -0.15) is 0 Å². The molecule has 0 fully saturated rings. The van der Waals surface area contributed by atoms with Gasteiger partial charge in [-0.25, -0.2) is 0 Å². The molecule has 2 heteroatoms. The first kappa shape index (κ1) is 11.3. The average Bonchev–Trinajstić information content (AvgIpc) is 1.66. The fourth-order valence-corrected chi connectivity index (χ4v) is 0.354. The van der Waals surface area contributed by atoms with Crippen LogP contribution in [0.25, 0.3) is 0 Å². The van der Waals surface area contributed by atoms with Gasteiger partial charge in [0, 0.05) is 0 Å². The highest BCUT2D eigenvalue weighted by Crippen LogP contribution is 1.88. The zero-order valence-electron chi connectivity index (χ0n) is 6.70. The molecule has 0 spiro atoms. The molecular formula is C7H18N2. The molecule has 56 valence electrons. The van der Waals surface area contributed by atoms with Crippen LogP contribution in [0.1, 0.15) is 40.0 Å². The second-order valence-electron chi connectivity index (χ2n) is 2.04. The minimum atomic E-state index is 0.167. The van der Waals surface area contributed by atoms with Crippen LogP contribution in [-0.4, -0.2) is 5.84 Å². The Hall–Kier alpha value is -0.530. The number of amidine groups is 1. The molecule has 0 unspecified atom stereocenters. The molecule has 2 nitrogen and oxygen atoms in total. The molecule has 0 rings (SSSR count). The summed E-state index contributed by atoms with van der Waals surface area (Å²) in [4.78, 5) is 0. The third kappa shape index (κ3) is 103. The number of nitrogens with two attached hydrogens (primary N) is 1. The number of unbranched alkanes of at least 4 members (excludes halogenated alkanes) is 2. The minimum absolute atomic E-state index is 0.167. The summed E-state index contributed by atoms with van der Waals surface area (Å²) < 4.78 is 0. The molecule has 0 bridgehead atoms. The van der Waals surface area contributed by atoms with Crippen LogP contribution < -0.4 is 5.73 Å². The van der Waals surface area contributed by atoms with Crippen LogP contribution in [-0.2, 0) is 0 Å². The number of hydrogen-bond acceptors (Lipinski definition) is 1. The molecule has 0 aromatic rings. The largest absolute Gasteiger partial charge is 0.388 e. The maximum atomic E-state index is 6.28. The summed E-state index contributed by atoms with van der Waals surface area (Å²) in [6.45, 7) is 5.95. The van der Waals surface area contributed by atoms with Crippen LogP contribution in [0.2, 0.25) is 0 Å². The van der Waals surface area contributed by atoms with Crippen molar-refractivity contribution in [3.05, 3.63) is 0 Å². The third-order valence-corrected chi connectivity index (χ3v) is 0.707. The van der Waals surface area contributed by atoms with E-state index >= 15 is 0 Å². The van der Waals surface area contributed by atoms with E-state index in [9.17, 15) is 0 Å². The van der Waals surface area contributed by atoms with E-state index in [0.717, 1.165) is 0 Å². The predicted octanol–water partition coefficient (Wildman–Crippen LogP) is 2.14. The maximum absolute atomic E-state index is 6.28. The van der Waals surface area contributed by atoms with Gasteiger partial charge in [0.15, 0.2) is 0 Å². The Morgan fingerprint density at radius 3 is 1.56 bits per heavy atom. The van der Waals surface area contributed by atoms with Gasteiger partial charge in [-0.05, 0) is 6.92 Å². The van der Waals surface area contributed by atoms with E-state index in [1.807, 2.05) is 0 Å². The van der Waals surface area contributed by atoms with Crippen molar-refractivity contribution in [2.45, 2.75) is 40.0 Å². The van der Waals surface area contributed by atoms with E-state index in [-0.39, 0.29) is 5.84 Å². The topological polar surface area (TPSA) is 49.9 Å². The fourth-order valence-electron chi connectivity index (χ4n) is 0.354. The van der Waals surface area contributed by atoms with Crippen molar-refractivity contribution in [2.75, 3.05) is 0 Å². The van der Waals surface area contributed by atoms with E-state index in [4.69, 9.17) is 11.1 Å². The van der Waals surface area contributed by atoms with Gasteiger partial charge in [0.1, 0.15) is 0 Å². The normalized spacial score (nSPS) is 7.44. The Morgan fingerprint density at radius 1 is 1.33 bits per heavy atom. The van der Waals surface area contributed by atoms with Crippen molar-refractivity contribution < 1.29 is 0 Å². The van der Waals surface area contributed by atoms with Gasteiger partial charge in [0.25, 0.3) is 0 Å². The first-order valence-corrected chi connectivity index (χ1v) is 3.45. The standard InChI is InChI=1S/C5H12.C2H6N2/c1-3-5-4-2;1-2(3)4/h3-5H2,1-2H3;1H3,(H3,3,4). The van der Waals surface area contributed by atoms with E-state index in [1.54, 1.807) is 0 Å². The summed E-state index contributed by atoms with van der Waals surface area (Å²) in [5, 5.41) is 6.28. The monoisotopic (exact) mass is 130 g/mol. The van der Waals surface area contributed by atoms with E-state index in [2.05, 4.69) is 13.8 Å². The van der Waals surface area contributed by atoms with Crippen LogP contribution in [0.5, 0.6) is 0 Å². The summed E-state index contributed by atoms with van der Waals surface area (Å²) in [6.07, 6.45) is 4.08. The molecule has 0 aliphatic carbocycles. The van der Waals surface area contributed by atoms with Gasteiger partial charge in [-0.15, -0.1) is 0 Å². The molecule has 0 aromatic carbocycles. The Kier molecular flexibility index (Phi) is 13.1. The Balaban J connectivity index is 0. The minimum Gasteiger partial charge on any atom is -0.388 e. The van der Waals surface area contributed by atoms with Gasteiger partial charge in [0.05, 0.1) is 5.84 Å². The lowest BCUT2D eigenvalue weighted by Gasteiger charge is -1.79. The zero-order valence-corrected chi connectivity index (χ0v) is 6.70. The Bertz CT molecular complexity index is 53.9. The van der Waals surface area contributed by atoms with Crippen molar-refractivity contribution in [1.82, 2.24) is 0 Å². The lowest BCUT2D eigenvalue weighted by atomic mass is 10.3. The second kappa shape index (κ2) is 10.5. The van der Waals surface area contributed by atoms with Gasteiger partial charge >= 0.3 is 0 Å². The molecule has 0 amide bonds. The predicted molar refractivity (Wildman–Crippen MR) is 42.8 cm³/mol. The fraction of sp³-hybridized carbons (Fsp3) is 0.857. The lowest BCUT2D eigenvalue weighted by Crippen LogP contribution is -2.00. The van der Waals surface area contributed by atoms with Crippen molar-refractivity contribution in [3.63, 3.8) is 0 Å². The van der Waals surface area contributed by atoms with Crippen molar-refractivity contribution in [3.8, 4) is 0 Å². The molecule has 0 aromatic heterocycles. The summed E-state index contributed by atoms with van der Waals surface area (Å²) in [7, 11) is 0. The van der Waals surface area contributed by atoms with E-state index in [0.29, 0.717) is 0 Å². The summed E-state index contributed by atoms with van der Waals surface area (Å²) in [5.41, 5.74) is 4.69. The van der Waals surface area contributed by atoms with Crippen LogP contribution in [0.4, 0.5) is 0 Å². The first-order valence-electron chi connectivity index (χ1n) is 3.45. The highest BCUT2D eigenvalue weighted by Gasteiger charge is 1.68. The molecular weight excluding hydrogens is 112 g/mol. The number of nitrogens with one attached hydrogen (secondary N) is 1. The van der Waals surface area contributed by atoms with Crippen LogP contribution >= 0.6 is 0 Å². The van der Waals surface area contributed by atoms with Gasteiger partial charge in [-0.1, -0.05) is 33.1 Å². The van der Waals surface area contributed by atoms with Gasteiger partial charge < -0.3 is 5.73 Å². The van der Waals surface area contributed by atoms with Crippen LogP contribution in [0, 0.1) is 5.41 Å². The molecule has 0 atom stereocenters. The van der Waals surface area contributed by atoms with Crippen LogP contribution in [0.15, 0.2) is 0 Å². The second-order valence-corrected chi connectivity index (χ2v) is 2.04. The highest BCUT2D eigenvalue weighted by atomic mass is 14.7. The zero-order chi connectivity index (χ0) is 7.70. The quantitative estimate of drug-likeness (QED) is 0.436. The molecule has 0 heterocycles. The molecule has 9 heavy (non-hydrogen) atoms.